The van der Waals surface area contributed by atoms with Crippen LogP contribution in [0.3, 0.4) is 0 Å². The second-order valence-corrected chi connectivity index (χ2v) is 4.41. The van der Waals surface area contributed by atoms with Gasteiger partial charge in [-0.15, -0.1) is 0 Å². The topological polar surface area (TPSA) is 67.4 Å². The van der Waals surface area contributed by atoms with E-state index in [2.05, 4.69) is 10.6 Å². The molecular formula is C15H22N2O3. The van der Waals surface area contributed by atoms with Crippen LogP contribution in [0.15, 0.2) is 24.3 Å². The van der Waals surface area contributed by atoms with Crippen LogP contribution < -0.4 is 15.4 Å². The lowest BCUT2D eigenvalue weighted by molar-refractivity contribution is -0.121. The molecule has 20 heavy (non-hydrogen) atoms. The largest absolute Gasteiger partial charge is 0.496 e. The Labute approximate surface area is 119 Å². The third-order valence-corrected chi connectivity index (χ3v) is 2.84. The lowest BCUT2D eigenvalue weighted by Crippen LogP contribution is -2.34. The molecule has 5 nitrogen and oxygen atoms in total. The van der Waals surface area contributed by atoms with Gasteiger partial charge in [0, 0.05) is 19.5 Å². The minimum atomic E-state index is -0.203. The quantitative estimate of drug-likeness (QED) is 0.712. The van der Waals surface area contributed by atoms with Crippen molar-refractivity contribution in [2.75, 3.05) is 20.2 Å². The van der Waals surface area contributed by atoms with Crippen molar-refractivity contribution in [3.8, 4) is 5.75 Å². The minimum Gasteiger partial charge on any atom is -0.496 e. The molecule has 1 aromatic carbocycles. The summed E-state index contributed by atoms with van der Waals surface area (Å²) in [5.41, 5.74) is 0.493. The Morgan fingerprint density at radius 1 is 1.15 bits per heavy atom. The van der Waals surface area contributed by atoms with E-state index in [4.69, 9.17) is 4.74 Å². The third kappa shape index (κ3) is 5.30. The van der Waals surface area contributed by atoms with E-state index in [-0.39, 0.29) is 11.8 Å². The van der Waals surface area contributed by atoms with E-state index >= 15 is 0 Å². The van der Waals surface area contributed by atoms with E-state index in [1.807, 2.05) is 13.0 Å². The zero-order chi connectivity index (χ0) is 14.8. The number of rotatable bonds is 8. The summed E-state index contributed by atoms with van der Waals surface area (Å²) in [6.07, 6.45) is 2.42. The molecule has 110 valence electrons. The van der Waals surface area contributed by atoms with E-state index in [1.54, 1.807) is 18.2 Å². The summed E-state index contributed by atoms with van der Waals surface area (Å²) in [5, 5.41) is 5.52. The molecule has 0 saturated heterocycles. The second-order valence-electron chi connectivity index (χ2n) is 4.41. The van der Waals surface area contributed by atoms with Crippen LogP contribution in [0.1, 0.15) is 36.5 Å². The van der Waals surface area contributed by atoms with Crippen LogP contribution in [-0.4, -0.2) is 32.0 Å². The fourth-order valence-corrected chi connectivity index (χ4v) is 1.73. The Morgan fingerprint density at radius 2 is 1.85 bits per heavy atom. The van der Waals surface area contributed by atoms with Crippen LogP contribution in [0.25, 0.3) is 0 Å². The molecule has 0 saturated carbocycles. The number of hydrogen-bond donors (Lipinski definition) is 2. The number of para-hydroxylation sites is 1. The lowest BCUT2D eigenvalue weighted by Gasteiger charge is -2.09. The highest BCUT2D eigenvalue weighted by Crippen LogP contribution is 2.16. The normalized spacial score (nSPS) is 9.90. The van der Waals surface area contributed by atoms with E-state index in [1.165, 1.54) is 7.11 Å². The summed E-state index contributed by atoms with van der Waals surface area (Å²) in [6.45, 7) is 2.87. The maximum atomic E-state index is 11.9. The van der Waals surface area contributed by atoms with E-state index < -0.39 is 0 Å². The molecule has 1 aromatic rings. The number of carbonyl (C=O) groups is 2. The van der Waals surface area contributed by atoms with Gasteiger partial charge in [0.25, 0.3) is 5.91 Å². The molecule has 0 unspecified atom stereocenters. The second kappa shape index (κ2) is 8.96. The summed E-state index contributed by atoms with van der Waals surface area (Å²) in [5.74, 6) is 0.362. The van der Waals surface area contributed by atoms with Gasteiger partial charge in [0.2, 0.25) is 5.91 Å². The molecule has 0 aliphatic carbocycles. The van der Waals surface area contributed by atoms with Crippen LogP contribution in [-0.2, 0) is 4.79 Å². The average Bonchev–Trinajstić information content (AvgIpc) is 2.49. The predicted octanol–water partition coefficient (Wildman–Crippen LogP) is 1.73. The van der Waals surface area contributed by atoms with Gasteiger partial charge in [-0.05, 0) is 18.6 Å². The molecule has 0 fully saturated rings. The molecule has 0 radical (unpaired) electrons. The fourth-order valence-electron chi connectivity index (χ4n) is 1.73. The van der Waals surface area contributed by atoms with Gasteiger partial charge in [0.05, 0.1) is 12.7 Å². The molecule has 0 heterocycles. The molecule has 2 amide bonds. The van der Waals surface area contributed by atoms with Gasteiger partial charge in [-0.3, -0.25) is 9.59 Å². The molecule has 5 heteroatoms. The predicted molar refractivity (Wildman–Crippen MR) is 77.9 cm³/mol. The Hall–Kier alpha value is -2.04. The zero-order valence-electron chi connectivity index (χ0n) is 12.1. The Kier molecular flexibility index (Phi) is 7.17. The highest BCUT2D eigenvalue weighted by Gasteiger charge is 2.10. The molecular weight excluding hydrogens is 256 g/mol. The smallest absolute Gasteiger partial charge is 0.255 e. The van der Waals surface area contributed by atoms with Gasteiger partial charge >= 0.3 is 0 Å². The molecule has 0 atom stereocenters. The van der Waals surface area contributed by atoms with Gasteiger partial charge in [-0.2, -0.15) is 0 Å². The Morgan fingerprint density at radius 3 is 2.55 bits per heavy atom. The highest BCUT2D eigenvalue weighted by molar-refractivity contribution is 5.96. The SMILES string of the molecule is CCCCC(=O)NCCNC(=O)c1ccccc1OC. The first kappa shape index (κ1) is 16.0. The third-order valence-electron chi connectivity index (χ3n) is 2.84. The number of ether oxygens (including phenoxy) is 1. The van der Waals surface area contributed by atoms with Crippen molar-refractivity contribution < 1.29 is 14.3 Å². The molecule has 2 N–H and O–H groups in total. The standard InChI is InChI=1S/C15H22N2O3/c1-3-4-9-14(18)16-10-11-17-15(19)12-7-5-6-8-13(12)20-2/h5-8H,3-4,9-11H2,1-2H3,(H,16,18)(H,17,19). The van der Waals surface area contributed by atoms with Crippen molar-refractivity contribution in [2.45, 2.75) is 26.2 Å². The molecule has 0 spiro atoms. The Balaban J connectivity index is 2.31. The van der Waals surface area contributed by atoms with E-state index in [9.17, 15) is 9.59 Å². The number of benzene rings is 1. The first-order chi connectivity index (χ1) is 9.69. The summed E-state index contributed by atoms with van der Waals surface area (Å²) in [6, 6.07) is 7.03. The number of carbonyl (C=O) groups excluding carboxylic acids is 2. The maximum absolute atomic E-state index is 11.9. The monoisotopic (exact) mass is 278 g/mol. The summed E-state index contributed by atoms with van der Waals surface area (Å²) < 4.78 is 5.12. The van der Waals surface area contributed by atoms with Crippen molar-refractivity contribution in [3.63, 3.8) is 0 Å². The Bertz CT molecular complexity index is 446. The van der Waals surface area contributed by atoms with Crippen molar-refractivity contribution in [1.29, 1.82) is 0 Å². The molecule has 0 aliphatic heterocycles. The lowest BCUT2D eigenvalue weighted by atomic mass is 10.2. The molecule has 0 bridgehead atoms. The molecule has 0 aliphatic rings. The van der Waals surface area contributed by atoms with E-state index in [0.717, 1.165) is 12.8 Å². The van der Waals surface area contributed by atoms with Gasteiger partial charge in [-0.1, -0.05) is 25.5 Å². The maximum Gasteiger partial charge on any atom is 0.255 e. The van der Waals surface area contributed by atoms with Crippen LogP contribution in [0, 0.1) is 0 Å². The summed E-state index contributed by atoms with van der Waals surface area (Å²) in [4.78, 5) is 23.3. The van der Waals surface area contributed by atoms with Crippen molar-refractivity contribution in [2.24, 2.45) is 0 Å². The van der Waals surface area contributed by atoms with Crippen LogP contribution in [0.2, 0.25) is 0 Å². The highest BCUT2D eigenvalue weighted by atomic mass is 16.5. The van der Waals surface area contributed by atoms with Gasteiger partial charge in [-0.25, -0.2) is 0 Å². The minimum absolute atomic E-state index is 0.0263. The van der Waals surface area contributed by atoms with E-state index in [0.29, 0.717) is 30.8 Å². The van der Waals surface area contributed by atoms with Gasteiger partial charge in [0.1, 0.15) is 5.75 Å². The molecule has 0 aromatic heterocycles. The van der Waals surface area contributed by atoms with Crippen LogP contribution >= 0.6 is 0 Å². The zero-order valence-corrected chi connectivity index (χ0v) is 12.1. The van der Waals surface area contributed by atoms with Crippen LogP contribution in [0.4, 0.5) is 0 Å². The number of unbranched alkanes of at least 4 members (excludes halogenated alkanes) is 1. The first-order valence-electron chi connectivity index (χ1n) is 6.87. The number of methoxy groups -OCH3 is 1. The van der Waals surface area contributed by atoms with Gasteiger partial charge in [0.15, 0.2) is 0 Å². The van der Waals surface area contributed by atoms with Crippen molar-refractivity contribution in [3.05, 3.63) is 29.8 Å². The first-order valence-corrected chi connectivity index (χ1v) is 6.87. The summed E-state index contributed by atoms with van der Waals surface area (Å²) >= 11 is 0. The van der Waals surface area contributed by atoms with Gasteiger partial charge < -0.3 is 15.4 Å². The van der Waals surface area contributed by atoms with Crippen molar-refractivity contribution in [1.82, 2.24) is 10.6 Å². The molecule has 1 rings (SSSR count). The van der Waals surface area contributed by atoms with Crippen LogP contribution in [0.5, 0.6) is 5.75 Å². The average molecular weight is 278 g/mol. The number of hydrogen-bond acceptors (Lipinski definition) is 3. The van der Waals surface area contributed by atoms with Crippen molar-refractivity contribution >= 4 is 11.8 Å². The summed E-state index contributed by atoms with van der Waals surface area (Å²) in [7, 11) is 1.53. The number of nitrogens with one attached hydrogen (secondary N) is 2. The fraction of sp³-hybridized carbons (Fsp3) is 0.467. The number of amides is 2.